The van der Waals surface area contributed by atoms with Crippen LogP contribution in [0.1, 0.15) is 10.4 Å². The topological polar surface area (TPSA) is 84.2 Å². The quantitative estimate of drug-likeness (QED) is 0.566. The van der Waals surface area contributed by atoms with Gasteiger partial charge in [0.2, 0.25) is 0 Å². The number of nitrogens with zero attached hydrogens (tertiary/aromatic N) is 1. The van der Waals surface area contributed by atoms with Crippen molar-refractivity contribution >= 4 is 44.9 Å². The van der Waals surface area contributed by atoms with E-state index in [0.29, 0.717) is 27.2 Å². The van der Waals surface area contributed by atoms with Gasteiger partial charge in [0.15, 0.2) is 0 Å². The Labute approximate surface area is 152 Å². The molecule has 2 aromatic carbocycles. The molecule has 0 unspecified atom stereocenters. The minimum absolute atomic E-state index is 0.0462. The zero-order chi connectivity index (χ0) is 17.9. The monoisotopic (exact) mass is 363 g/mol. The number of aromatic nitrogens is 1. The van der Waals surface area contributed by atoms with Crippen molar-refractivity contribution in [2.24, 2.45) is 0 Å². The molecule has 2 N–H and O–H groups in total. The smallest absolute Gasteiger partial charge is 0.349 e. The van der Waals surface area contributed by atoms with Crippen LogP contribution in [0, 0.1) is 0 Å². The Bertz CT molecular complexity index is 1140. The zero-order valence-electron chi connectivity index (χ0n) is 13.4. The second-order valence-electron chi connectivity index (χ2n) is 5.44. The van der Waals surface area contributed by atoms with E-state index in [4.69, 9.17) is 4.42 Å². The maximum Gasteiger partial charge on any atom is 0.349 e. The van der Waals surface area contributed by atoms with Crippen LogP contribution >= 0.6 is 11.3 Å². The summed E-state index contributed by atoms with van der Waals surface area (Å²) in [5, 5.41) is 7.98. The molecule has 2 aromatic heterocycles. The number of carbonyl (C=O) groups is 1. The second kappa shape index (κ2) is 6.81. The van der Waals surface area contributed by atoms with Gasteiger partial charge in [-0.1, -0.05) is 30.3 Å². The summed E-state index contributed by atoms with van der Waals surface area (Å²) in [6.45, 7) is 0. The lowest BCUT2D eigenvalue weighted by atomic mass is 10.1. The van der Waals surface area contributed by atoms with E-state index in [2.05, 4.69) is 15.6 Å². The van der Waals surface area contributed by atoms with Crippen molar-refractivity contribution in [3.8, 4) is 0 Å². The number of amides is 1. The average molecular weight is 363 g/mol. The van der Waals surface area contributed by atoms with Gasteiger partial charge in [0.05, 0.1) is 16.6 Å². The highest BCUT2D eigenvalue weighted by molar-refractivity contribution is 7.16. The van der Waals surface area contributed by atoms with Crippen LogP contribution in [0.4, 0.5) is 17.4 Å². The standard InChI is InChI=1S/C19H13N3O3S/c23-16(20-12-6-2-1-3-7-12)13-8-4-5-9-15(13)21-19-22-17-14(10-11-26-17)18(24)25-19/h1-11H,(H,20,23)(H,21,22). The van der Waals surface area contributed by atoms with E-state index in [0.717, 1.165) is 0 Å². The molecule has 0 aliphatic rings. The predicted octanol–water partition coefficient (Wildman–Crippen LogP) is 4.25. The molecule has 0 spiro atoms. The number of carbonyl (C=O) groups excluding carboxylic acids is 1. The summed E-state index contributed by atoms with van der Waals surface area (Å²) in [7, 11) is 0. The van der Waals surface area contributed by atoms with Crippen molar-refractivity contribution in [2.75, 3.05) is 10.6 Å². The molecule has 0 aliphatic carbocycles. The highest BCUT2D eigenvalue weighted by Crippen LogP contribution is 2.23. The van der Waals surface area contributed by atoms with Gasteiger partial charge < -0.3 is 15.1 Å². The highest BCUT2D eigenvalue weighted by atomic mass is 32.1. The molecule has 2 heterocycles. The van der Waals surface area contributed by atoms with Crippen LogP contribution < -0.4 is 16.3 Å². The van der Waals surface area contributed by atoms with E-state index in [1.54, 1.807) is 47.8 Å². The Balaban J connectivity index is 1.64. The van der Waals surface area contributed by atoms with Crippen LogP contribution in [0.15, 0.2) is 75.3 Å². The minimum Gasteiger partial charge on any atom is -0.388 e. The molecule has 0 aliphatic heterocycles. The first kappa shape index (κ1) is 16.0. The first-order valence-corrected chi connectivity index (χ1v) is 8.69. The fraction of sp³-hybridized carbons (Fsp3) is 0. The predicted molar refractivity (Wildman–Crippen MR) is 102 cm³/mol. The van der Waals surface area contributed by atoms with Crippen LogP contribution in [-0.4, -0.2) is 10.9 Å². The van der Waals surface area contributed by atoms with Gasteiger partial charge in [0.25, 0.3) is 5.91 Å². The van der Waals surface area contributed by atoms with Crippen LogP contribution in [0.3, 0.4) is 0 Å². The number of nitrogens with one attached hydrogen (secondary N) is 2. The molecule has 0 atom stereocenters. The van der Waals surface area contributed by atoms with Gasteiger partial charge in [-0.25, -0.2) is 4.79 Å². The van der Waals surface area contributed by atoms with Gasteiger partial charge in [-0.3, -0.25) is 4.79 Å². The van der Waals surface area contributed by atoms with E-state index >= 15 is 0 Å². The van der Waals surface area contributed by atoms with Gasteiger partial charge >= 0.3 is 11.6 Å². The molecule has 0 fully saturated rings. The molecule has 128 valence electrons. The summed E-state index contributed by atoms with van der Waals surface area (Å²) in [5.41, 5.74) is 1.13. The number of fused-ring (bicyclic) bond motifs is 1. The van der Waals surface area contributed by atoms with Crippen molar-refractivity contribution in [1.82, 2.24) is 4.98 Å². The van der Waals surface area contributed by atoms with E-state index in [1.165, 1.54) is 11.3 Å². The molecule has 4 aromatic rings. The molecule has 6 nitrogen and oxygen atoms in total. The lowest BCUT2D eigenvalue weighted by molar-refractivity contribution is 0.102. The summed E-state index contributed by atoms with van der Waals surface area (Å²) in [6.07, 6.45) is 0. The van der Waals surface area contributed by atoms with E-state index < -0.39 is 5.63 Å². The lowest BCUT2D eigenvalue weighted by Crippen LogP contribution is -2.14. The molecule has 1 amide bonds. The van der Waals surface area contributed by atoms with Crippen LogP contribution in [0.25, 0.3) is 10.2 Å². The molecular weight excluding hydrogens is 350 g/mol. The SMILES string of the molecule is O=C(Nc1ccccc1)c1ccccc1Nc1nc2sccc2c(=O)o1. The third-order valence-corrected chi connectivity index (χ3v) is 4.51. The normalized spacial score (nSPS) is 10.6. The van der Waals surface area contributed by atoms with Gasteiger partial charge in [0.1, 0.15) is 4.83 Å². The van der Waals surface area contributed by atoms with Gasteiger partial charge in [-0.2, -0.15) is 4.98 Å². The zero-order valence-corrected chi connectivity index (χ0v) is 14.2. The van der Waals surface area contributed by atoms with Crippen LogP contribution in [0.2, 0.25) is 0 Å². The Kier molecular flexibility index (Phi) is 4.20. The number of anilines is 3. The summed E-state index contributed by atoms with van der Waals surface area (Å²) in [6, 6.07) is 17.8. The molecule has 0 radical (unpaired) electrons. The Morgan fingerprint density at radius 2 is 1.77 bits per heavy atom. The highest BCUT2D eigenvalue weighted by Gasteiger charge is 2.14. The van der Waals surface area contributed by atoms with Crippen molar-refractivity contribution in [1.29, 1.82) is 0 Å². The summed E-state index contributed by atoms with van der Waals surface area (Å²) >= 11 is 1.35. The largest absolute Gasteiger partial charge is 0.388 e. The Morgan fingerprint density at radius 3 is 2.62 bits per heavy atom. The van der Waals surface area contributed by atoms with Crippen molar-refractivity contribution in [2.45, 2.75) is 0 Å². The van der Waals surface area contributed by atoms with E-state index in [1.807, 2.05) is 18.2 Å². The molecular formula is C19H13N3O3S. The maximum absolute atomic E-state index is 12.6. The minimum atomic E-state index is -0.468. The fourth-order valence-electron chi connectivity index (χ4n) is 2.48. The van der Waals surface area contributed by atoms with Crippen molar-refractivity contribution in [3.05, 3.63) is 82.0 Å². The van der Waals surface area contributed by atoms with Crippen LogP contribution in [0.5, 0.6) is 0 Å². The van der Waals surface area contributed by atoms with Crippen molar-refractivity contribution < 1.29 is 9.21 Å². The number of hydrogen-bond donors (Lipinski definition) is 2. The van der Waals surface area contributed by atoms with Gasteiger partial charge in [0, 0.05) is 5.69 Å². The van der Waals surface area contributed by atoms with Crippen molar-refractivity contribution in [3.63, 3.8) is 0 Å². The molecule has 0 saturated carbocycles. The number of hydrogen-bond acceptors (Lipinski definition) is 6. The van der Waals surface area contributed by atoms with Crippen LogP contribution in [-0.2, 0) is 0 Å². The molecule has 26 heavy (non-hydrogen) atoms. The Hall–Kier alpha value is -3.45. The number of para-hydroxylation sites is 2. The number of thiophene rings is 1. The van der Waals surface area contributed by atoms with E-state index in [9.17, 15) is 9.59 Å². The maximum atomic E-state index is 12.6. The number of benzene rings is 2. The molecule has 0 saturated heterocycles. The average Bonchev–Trinajstić information content (AvgIpc) is 3.12. The van der Waals surface area contributed by atoms with Gasteiger partial charge in [-0.05, 0) is 35.7 Å². The fourth-order valence-corrected chi connectivity index (χ4v) is 3.23. The second-order valence-corrected chi connectivity index (χ2v) is 6.33. The lowest BCUT2D eigenvalue weighted by Gasteiger charge is -2.11. The third kappa shape index (κ3) is 3.20. The van der Waals surface area contributed by atoms with Gasteiger partial charge in [-0.15, -0.1) is 11.3 Å². The van der Waals surface area contributed by atoms with E-state index in [-0.39, 0.29) is 11.9 Å². The molecule has 0 bridgehead atoms. The summed E-state index contributed by atoms with van der Waals surface area (Å²) in [4.78, 5) is 29.5. The Morgan fingerprint density at radius 1 is 1.00 bits per heavy atom. The summed E-state index contributed by atoms with van der Waals surface area (Å²) in [5.74, 6) is -0.279. The first-order valence-electron chi connectivity index (χ1n) is 7.81. The first-order chi connectivity index (χ1) is 12.7. The third-order valence-electron chi connectivity index (χ3n) is 3.70. The summed E-state index contributed by atoms with van der Waals surface area (Å²) < 4.78 is 5.20. The molecule has 4 rings (SSSR count). The number of rotatable bonds is 4. The molecule has 7 heteroatoms.